The molecule has 0 radical (unpaired) electrons. The van der Waals surface area contributed by atoms with Crippen molar-refractivity contribution in [2.24, 2.45) is 5.84 Å². The summed E-state index contributed by atoms with van der Waals surface area (Å²) in [6.07, 6.45) is 3.17. The molecule has 3 rings (SSSR count). The Morgan fingerprint density at radius 3 is 2.95 bits per heavy atom. The van der Waals surface area contributed by atoms with Gasteiger partial charge in [-0.05, 0) is 24.3 Å². The molecule has 21 heavy (non-hydrogen) atoms. The highest BCUT2D eigenvalue weighted by Crippen LogP contribution is 2.16. The number of anilines is 1. The van der Waals surface area contributed by atoms with Gasteiger partial charge in [-0.15, -0.1) is 0 Å². The second-order valence-electron chi connectivity index (χ2n) is 4.49. The predicted octanol–water partition coefficient (Wildman–Crippen LogP) is 1.89. The largest absolute Gasteiger partial charge is 0.308 e. The molecule has 0 unspecified atom stereocenters. The Bertz CT molecular complexity index is 861. The van der Waals surface area contributed by atoms with Crippen LogP contribution in [-0.4, -0.2) is 14.5 Å². The fraction of sp³-hybridized carbons (Fsp3) is 0.0714. The van der Waals surface area contributed by atoms with Crippen LogP contribution in [0.2, 0.25) is 0 Å². The first-order valence-corrected chi connectivity index (χ1v) is 7.03. The fourth-order valence-corrected chi connectivity index (χ4v) is 2.48. The highest BCUT2D eigenvalue weighted by molar-refractivity contribution is 9.10. The van der Waals surface area contributed by atoms with Gasteiger partial charge >= 0.3 is 0 Å². The molecule has 3 aromatic rings. The number of nitrogens with one attached hydrogen (secondary N) is 1. The van der Waals surface area contributed by atoms with E-state index < -0.39 is 0 Å². The highest BCUT2D eigenvalue weighted by atomic mass is 79.9. The number of rotatable bonds is 3. The van der Waals surface area contributed by atoms with Gasteiger partial charge < -0.3 is 5.43 Å². The molecule has 7 heteroatoms. The van der Waals surface area contributed by atoms with Gasteiger partial charge in [-0.1, -0.05) is 22.0 Å². The van der Waals surface area contributed by atoms with Gasteiger partial charge in [-0.25, -0.2) is 15.8 Å². The SMILES string of the molecule is NNc1ncccc1Cn1cnc2ccc(Br)cc2c1=O. The fourth-order valence-electron chi connectivity index (χ4n) is 2.12. The van der Waals surface area contributed by atoms with Gasteiger partial charge in [0.25, 0.3) is 5.56 Å². The van der Waals surface area contributed by atoms with Crippen LogP contribution < -0.4 is 16.8 Å². The van der Waals surface area contributed by atoms with Crippen molar-refractivity contribution in [2.75, 3.05) is 5.43 Å². The second kappa shape index (κ2) is 5.63. The quantitative estimate of drug-likeness (QED) is 0.559. The molecule has 0 atom stereocenters. The van der Waals surface area contributed by atoms with Gasteiger partial charge in [-0.2, -0.15) is 0 Å². The van der Waals surface area contributed by atoms with E-state index in [2.05, 4.69) is 31.3 Å². The maximum Gasteiger partial charge on any atom is 0.261 e. The number of fused-ring (bicyclic) bond motifs is 1. The van der Waals surface area contributed by atoms with Crippen molar-refractivity contribution in [1.82, 2.24) is 14.5 Å². The summed E-state index contributed by atoms with van der Waals surface area (Å²) in [7, 11) is 0. The summed E-state index contributed by atoms with van der Waals surface area (Å²) in [5, 5.41) is 0.568. The molecule has 0 fully saturated rings. The van der Waals surface area contributed by atoms with Crippen LogP contribution in [0.3, 0.4) is 0 Å². The lowest BCUT2D eigenvalue weighted by Gasteiger charge is -2.10. The number of hydrogen-bond acceptors (Lipinski definition) is 5. The summed E-state index contributed by atoms with van der Waals surface area (Å²) in [5.74, 6) is 5.97. The number of halogens is 1. The van der Waals surface area contributed by atoms with Crippen molar-refractivity contribution in [1.29, 1.82) is 0 Å². The van der Waals surface area contributed by atoms with Gasteiger partial charge in [0.15, 0.2) is 0 Å². The normalized spacial score (nSPS) is 10.8. The molecule has 0 aliphatic heterocycles. The van der Waals surface area contributed by atoms with Crippen LogP contribution in [0.4, 0.5) is 5.82 Å². The molecule has 0 aliphatic rings. The van der Waals surface area contributed by atoms with E-state index in [0.29, 0.717) is 23.3 Å². The topological polar surface area (TPSA) is 85.8 Å². The minimum Gasteiger partial charge on any atom is -0.308 e. The first kappa shape index (κ1) is 13.7. The molecule has 0 saturated carbocycles. The molecule has 106 valence electrons. The number of benzene rings is 1. The number of hydrazine groups is 1. The minimum absolute atomic E-state index is 0.104. The monoisotopic (exact) mass is 345 g/mol. The standard InChI is InChI=1S/C14H12BrN5O/c15-10-3-4-12-11(6-10)14(21)20(8-18-12)7-9-2-1-5-17-13(9)19-16/h1-6,8H,7,16H2,(H,17,19). The van der Waals surface area contributed by atoms with Gasteiger partial charge in [0.2, 0.25) is 0 Å². The molecule has 0 spiro atoms. The molecule has 6 nitrogen and oxygen atoms in total. The first-order valence-electron chi connectivity index (χ1n) is 6.24. The Kier molecular flexibility index (Phi) is 3.68. The van der Waals surface area contributed by atoms with Crippen molar-refractivity contribution in [3.63, 3.8) is 0 Å². The Morgan fingerprint density at radius 1 is 1.29 bits per heavy atom. The van der Waals surface area contributed by atoms with Crippen molar-refractivity contribution >= 4 is 32.7 Å². The third-order valence-corrected chi connectivity index (χ3v) is 3.65. The number of hydrogen-bond donors (Lipinski definition) is 2. The first-order chi connectivity index (χ1) is 10.2. The zero-order chi connectivity index (χ0) is 14.8. The Morgan fingerprint density at radius 2 is 2.14 bits per heavy atom. The lowest BCUT2D eigenvalue weighted by Crippen LogP contribution is -2.22. The Balaban J connectivity index is 2.09. The number of nitrogen functional groups attached to an aromatic ring is 1. The lowest BCUT2D eigenvalue weighted by atomic mass is 10.2. The number of nitrogens with zero attached hydrogens (tertiary/aromatic N) is 3. The zero-order valence-corrected chi connectivity index (χ0v) is 12.5. The second-order valence-corrected chi connectivity index (χ2v) is 5.41. The van der Waals surface area contributed by atoms with E-state index in [1.165, 1.54) is 10.9 Å². The van der Waals surface area contributed by atoms with E-state index in [9.17, 15) is 4.79 Å². The third kappa shape index (κ3) is 2.65. The molecule has 0 aliphatic carbocycles. The summed E-state index contributed by atoms with van der Waals surface area (Å²) in [4.78, 5) is 20.9. The smallest absolute Gasteiger partial charge is 0.261 e. The average molecular weight is 346 g/mol. The van der Waals surface area contributed by atoms with Crippen LogP contribution in [0.5, 0.6) is 0 Å². The van der Waals surface area contributed by atoms with Crippen LogP contribution in [0.1, 0.15) is 5.56 Å². The third-order valence-electron chi connectivity index (χ3n) is 3.15. The number of aromatic nitrogens is 3. The van der Waals surface area contributed by atoms with E-state index in [1.54, 1.807) is 18.3 Å². The zero-order valence-electron chi connectivity index (χ0n) is 11.0. The van der Waals surface area contributed by atoms with Crippen LogP contribution in [0, 0.1) is 0 Å². The van der Waals surface area contributed by atoms with E-state index in [-0.39, 0.29) is 5.56 Å². The molecular weight excluding hydrogens is 334 g/mol. The van der Waals surface area contributed by atoms with Gasteiger partial charge in [0, 0.05) is 16.2 Å². The van der Waals surface area contributed by atoms with Gasteiger partial charge in [0.05, 0.1) is 23.8 Å². The van der Waals surface area contributed by atoms with Gasteiger partial charge in [-0.3, -0.25) is 9.36 Å². The summed E-state index contributed by atoms with van der Waals surface area (Å²) < 4.78 is 2.38. The summed E-state index contributed by atoms with van der Waals surface area (Å²) in [5.41, 5.74) is 3.91. The van der Waals surface area contributed by atoms with Gasteiger partial charge in [0.1, 0.15) is 5.82 Å². The average Bonchev–Trinajstić information content (AvgIpc) is 2.51. The summed E-state index contributed by atoms with van der Waals surface area (Å²) in [6.45, 7) is 0.349. The lowest BCUT2D eigenvalue weighted by molar-refractivity contribution is 0.746. The van der Waals surface area contributed by atoms with Crippen molar-refractivity contribution in [2.45, 2.75) is 6.54 Å². The van der Waals surface area contributed by atoms with Crippen LogP contribution in [-0.2, 0) is 6.54 Å². The van der Waals surface area contributed by atoms with Crippen molar-refractivity contribution < 1.29 is 0 Å². The Labute approximate surface area is 128 Å². The molecule has 1 aromatic carbocycles. The van der Waals surface area contributed by atoms with Crippen LogP contribution in [0.25, 0.3) is 10.9 Å². The Hall–Kier alpha value is -2.25. The molecular formula is C14H12BrN5O. The summed E-state index contributed by atoms with van der Waals surface area (Å²) in [6, 6.07) is 9.09. The predicted molar refractivity (Wildman–Crippen MR) is 84.9 cm³/mol. The molecule has 2 aromatic heterocycles. The number of nitrogens with two attached hydrogens (primary N) is 1. The molecule has 0 amide bonds. The molecule has 2 heterocycles. The highest BCUT2D eigenvalue weighted by Gasteiger charge is 2.08. The van der Waals surface area contributed by atoms with Crippen molar-refractivity contribution in [3.05, 3.63) is 63.2 Å². The van der Waals surface area contributed by atoms with Crippen molar-refractivity contribution in [3.8, 4) is 0 Å². The summed E-state index contributed by atoms with van der Waals surface area (Å²) >= 11 is 3.37. The maximum absolute atomic E-state index is 12.5. The van der Waals surface area contributed by atoms with Crippen LogP contribution >= 0.6 is 15.9 Å². The van der Waals surface area contributed by atoms with E-state index in [0.717, 1.165) is 10.0 Å². The van der Waals surface area contributed by atoms with E-state index >= 15 is 0 Å². The number of pyridine rings is 1. The minimum atomic E-state index is -0.104. The molecule has 3 N–H and O–H groups in total. The molecule has 0 saturated heterocycles. The van der Waals surface area contributed by atoms with E-state index in [1.807, 2.05) is 18.2 Å². The van der Waals surface area contributed by atoms with E-state index in [4.69, 9.17) is 5.84 Å². The van der Waals surface area contributed by atoms with Crippen LogP contribution in [0.15, 0.2) is 52.1 Å². The molecule has 0 bridgehead atoms. The maximum atomic E-state index is 12.5.